The molecule has 6 heteroatoms. The topological polar surface area (TPSA) is 63.4 Å². The number of fused-ring (bicyclic) bond motifs is 1. The van der Waals surface area contributed by atoms with Gasteiger partial charge in [0.05, 0.1) is 12.2 Å². The van der Waals surface area contributed by atoms with Gasteiger partial charge in [0.25, 0.3) is 0 Å². The average Bonchev–Trinajstić information content (AvgIpc) is 2.93. The van der Waals surface area contributed by atoms with Crippen LogP contribution in [0.1, 0.15) is 18.2 Å². The van der Waals surface area contributed by atoms with Gasteiger partial charge in [0.1, 0.15) is 0 Å². The summed E-state index contributed by atoms with van der Waals surface area (Å²) < 4.78 is 1.87. The SMILES string of the molecule is CC(=O)N(Cc1cccnc1)c1nc(C)cn2ccnc12. The number of anilines is 1. The lowest BCUT2D eigenvalue weighted by Gasteiger charge is -2.21. The summed E-state index contributed by atoms with van der Waals surface area (Å²) in [5, 5.41) is 0. The number of pyridine rings is 1. The number of aromatic nitrogens is 4. The maximum absolute atomic E-state index is 12.1. The highest BCUT2D eigenvalue weighted by atomic mass is 16.2. The van der Waals surface area contributed by atoms with E-state index in [-0.39, 0.29) is 5.91 Å². The Morgan fingerprint density at radius 3 is 2.95 bits per heavy atom. The first-order valence-electron chi connectivity index (χ1n) is 6.62. The highest BCUT2D eigenvalue weighted by Gasteiger charge is 2.18. The number of amides is 1. The molecule has 0 radical (unpaired) electrons. The third-order valence-corrected chi connectivity index (χ3v) is 3.18. The molecule has 6 nitrogen and oxygen atoms in total. The smallest absolute Gasteiger partial charge is 0.225 e. The molecule has 0 spiro atoms. The van der Waals surface area contributed by atoms with Crippen molar-refractivity contribution in [2.45, 2.75) is 20.4 Å². The Labute approximate surface area is 122 Å². The van der Waals surface area contributed by atoms with Crippen LogP contribution in [0.4, 0.5) is 5.82 Å². The van der Waals surface area contributed by atoms with E-state index in [2.05, 4.69) is 15.0 Å². The van der Waals surface area contributed by atoms with Crippen LogP contribution in [0.25, 0.3) is 5.65 Å². The van der Waals surface area contributed by atoms with E-state index in [0.717, 1.165) is 11.3 Å². The van der Waals surface area contributed by atoms with E-state index in [4.69, 9.17) is 0 Å². The number of hydrogen-bond acceptors (Lipinski definition) is 4. The minimum atomic E-state index is -0.0816. The van der Waals surface area contributed by atoms with Crippen LogP contribution in [-0.4, -0.2) is 25.3 Å². The monoisotopic (exact) mass is 281 g/mol. The molecular formula is C15H15N5O. The van der Waals surface area contributed by atoms with Gasteiger partial charge in [-0.1, -0.05) is 6.07 Å². The number of carbonyl (C=O) groups is 1. The number of aryl methyl sites for hydroxylation is 1. The fourth-order valence-electron chi connectivity index (χ4n) is 2.23. The molecule has 3 aromatic heterocycles. The second kappa shape index (κ2) is 5.32. The van der Waals surface area contributed by atoms with E-state index in [1.165, 1.54) is 6.92 Å². The van der Waals surface area contributed by atoms with Crippen LogP contribution in [0.5, 0.6) is 0 Å². The van der Waals surface area contributed by atoms with Gasteiger partial charge in [-0.3, -0.25) is 14.7 Å². The van der Waals surface area contributed by atoms with Crippen molar-refractivity contribution in [3.05, 3.63) is 54.4 Å². The summed E-state index contributed by atoms with van der Waals surface area (Å²) in [6.45, 7) is 3.84. The molecule has 3 heterocycles. The predicted molar refractivity (Wildman–Crippen MR) is 78.8 cm³/mol. The minimum absolute atomic E-state index is 0.0816. The summed E-state index contributed by atoms with van der Waals surface area (Å²) in [4.78, 5) is 26.5. The Bertz CT molecular complexity index is 781. The first-order chi connectivity index (χ1) is 10.1. The Morgan fingerprint density at radius 1 is 1.38 bits per heavy atom. The number of hydrogen-bond donors (Lipinski definition) is 0. The summed E-state index contributed by atoms with van der Waals surface area (Å²) in [5.41, 5.74) is 2.44. The van der Waals surface area contributed by atoms with Gasteiger partial charge in [-0.05, 0) is 18.6 Å². The summed E-state index contributed by atoms with van der Waals surface area (Å²) in [5.74, 6) is 0.484. The zero-order valence-electron chi connectivity index (χ0n) is 11.9. The van der Waals surface area contributed by atoms with Crippen LogP contribution < -0.4 is 4.90 Å². The first-order valence-corrected chi connectivity index (χ1v) is 6.62. The molecule has 3 rings (SSSR count). The molecule has 0 atom stereocenters. The minimum Gasteiger partial charge on any atom is -0.302 e. The predicted octanol–water partition coefficient (Wildman–Crippen LogP) is 1.99. The van der Waals surface area contributed by atoms with Crippen LogP contribution in [0.2, 0.25) is 0 Å². The van der Waals surface area contributed by atoms with E-state index in [9.17, 15) is 4.79 Å². The van der Waals surface area contributed by atoms with Gasteiger partial charge in [-0.2, -0.15) is 0 Å². The zero-order chi connectivity index (χ0) is 14.8. The maximum Gasteiger partial charge on any atom is 0.225 e. The van der Waals surface area contributed by atoms with Crippen LogP contribution in [0, 0.1) is 6.92 Å². The number of imidazole rings is 1. The first kappa shape index (κ1) is 13.2. The fourth-order valence-corrected chi connectivity index (χ4v) is 2.23. The number of carbonyl (C=O) groups excluding carboxylic acids is 1. The Kier molecular flexibility index (Phi) is 3.35. The van der Waals surface area contributed by atoms with Crippen LogP contribution in [-0.2, 0) is 11.3 Å². The van der Waals surface area contributed by atoms with Crippen molar-refractivity contribution in [2.75, 3.05) is 4.90 Å². The molecule has 0 saturated heterocycles. The van der Waals surface area contributed by atoms with Gasteiger partial charge in [0, 0.05) is 37.9 Å². The van der Waals surface area contributed by atoms with Crippen LogP contribution in [0.3, 0.4) is 0 Å². The maximum atomic E-state index is 12.1. The van der Waals surface area contributed by atoms with Gasteiger partial charge in [-0.25, -0.2) is 9.97 Å². The largest absolute Gasteiger partial charge is 0.302 e. The van der Waals surface area contributed by atoms with Gasteiger partial charge in [-0.15, -0.1) is 0 Å². The van der Waals surface area contributed by atoms with E-state index in [1.54, 1.807) is 23.5 Å². The molecule has 0 saturated carbocycles. The molecule has 3 aromatic rings. The third kappa shape index (κ3) is 2.60. The summed E-state index contributed by atoms with van der Waals surface area (Å²) in [6, 6.07) is 3.78. The Morgan fingerprint density at radius 2 is 2.24 bits per heavy atom. The summed E-state index contributed by atoms with van der Waals surface area (Å²) >= 11 is 0. The van der Waals surface area contributed by atoms with Crippen molar-refractivity contribution in [2.24, 2.45) is 0 Å². The van der Waals surface area contributed by atoms with E-state index >= 15 is 0 Å². The summed E-state index contributed by atoms with van der Waals surface area (Å²) in [6.07, 6.45) is 8.88. The standard InChI is InChI=1S/C15H15N5O/c1-11-9-19-7-6-17-14(19)15(18-11)20(12(2)21)10-13-4-3-5-16-8-13/h3-9H,10H2,1-2H3. The van der Waals surface area contributed by atoms with Gasteiger partial charge >= 0.3 is 0 Å². The fraction of sp³-hybridized carbons (Fsp3) is 0.200. The van der Waals surface area contributed by atoms with Crippen molar-refractivity contribution >= 4 is 17.4 Å². The van der Waals surface area contributed by atoms with E-state index < -0.39 is 0 Å². The molecule has 0 aliphatic carbocycles. The average molecular weight is 281 g/mol. The second-order valence-electron chi connectivity index (χ2n) is 4.83. The molecule has 0 aromatic carbocycles. The zero-order valence-corrected chi connectivity index (χ0v) is 11.9. The molecule has 106 valence electrons. The highest BCUT2D eigenvalue weighted by molar-refractivity contribution is 5.93. The molecule has 0 aliphatic rings. The highest BCUT2D eigenvalue weighted by Crippen LogP contribution is 2.20. The molecule has 21 heavy (non-hydrogen) atoms. The van der Waals surface area contributed by atoms with Gasteiger partial charge < -0.3 is 4.40 Å². The van der Waals surface area contributed by atoms with Crippen LogP contribution in [0.15, 0.2) is 43.1 Å². The van der Waals surface area contributed by atoms with Gasteiger partial charge in [0.2, 0.25) is 5.91 Å². The van der Waals surface area contributed by atoms with Crippen molar-refractivity contribution in [1.82, 2.24) is 19.4 Å². The summed E-state index contributed by atoms with van der Waals surface area (Å²) in [7, 11) is 0. The van der Waals surface area contributed by atoms with Crippen LogP contribution >= 0.6 is 0 Å². The number of nitrogens with zero attached hydrogens (tertiary/aromatic N) is 5. The lowest BCUT2D eigenvalue weighted by molar-refractivity contribution is -0.116. The Balaban J connectivity index is 2.07. The molecule has 0 unspecified atom stereocenters. The second-order valence-corrected chi connectivity index (χ2v) is 4.83. The van der Waals surface area contributed by atoms with Gasteiger partial charge in [0.15, 0.2) is 11.5 Å². The third-order valence-electron chi connectivity index (χ3n) is 3.18. The van der Waals surface area contributed by atoms with E-state index in [1.807, 2.05) is 35.9 Å². The lowest BCUT2D eigenvalue weighted by Crippen LogP contribution is -2.29. The van der Waals surface area contributed by atoms with Crippen molar-refractivity contribution < 1.29 is 4.79 Å². The lowest BCUT2D eigenvalue weighted by atomic mass is 10.2. The molecule has 0 fully saturated rings. The normalized spacial score (nSPS) is 10.8. The quantitative estimate of drug-likeness (QED) is 0.736. The van der Waals surface area contributed by atoms with Crippen molar-refractivity contribution in [1.29, 1.82) is 0 Å². The van der Waals surface area contributed by atoms with Crippen molar-refractivity contribution in [3.63, 3.8) is 0 Å². The van der Waals surface area contributed by atoms with Crippen molar-refractivity contribution in [3.8, 4) is 0 Å². The molecule has 0 bridgehead atoms. The molecule has 0 aliphatic heterocycles. The van der Waals surface area contributed by atoms with E-state index in [0.29, 0.717) is 18.0 Å². The Hall–Kier alpha value is -2.76. The molecule has 0 N–H and O–H groups in total. The number of rotatable bonds is 3. The molecular weight excluding hydrogens is 266 g/mol. The molecule has 1 amide bonds.